The fourth-order valence-electron chi connectivity index (χ4n) is 3.56. The van der Waals surface area contributed by atoms with Crippen LogP contribution < -0.4 is 10.2 Å². The highest BCUT2D eigenvalue weighted by Gasteiger charge is 2.27. The molecule has 0 saturated carbocycles. The van der Waals surface area contributed by atoms with Crippen molar-refractivity contribution in [2.24, 2.45) is 0 Å². The first-order valence-electron chi connectivity index (χ1n) is 11.2. The first-order valence-corrected chi connectivity index (χ1v) is 11.2. The molecular formula is C23H33N5O4. The third-order valence-corrected chi connectivity index (χ3v) is 5.02. The van der Waals surface area contributed by atoms with Crippen LogP contribution in [0.2, 0.25) is 0 Å². The van der Waals surface area contributed by atoms with Crippen molar-refractivity contribution in [3.8, 4) is 11.5 Å². The number of piperidine rings is 1. The SMILES string of the molecule is CC(=O)Nc1ccc(-c2nnc(N(CCCN3CCCCC3)C(=O)OC(C)(C)C)o2)cc1. The Labute approximate surface area is 189 Å². The van der Waals surface area contributed by atoms with Crippen molar-refractivity contribution in [3.05, 3.63) is 24.3 Å². The van der Waals surface area contributed by atoms with E-state index in [9.17, 15) is 9.59 Å². The third kappa shape index (κ3) is 7.05. The van der Waals surface area contributed by atoms with Gasteiger partial charge in [-0.1, -0.05) is 11.5 Å². The zero-order chi connectivity index (χ0) is 23.1. The Bertz CT molecular complexity index is 898. The lowest BCUT2D eigenvalue weighted by molar-refractivity contribution is -0.114. The van der Waals surface area contributed by atoms with E-state index in [1.807, 2.05) is 20.8 Å². The van der Waals surface area contributed by atoms with Gasteiger partial charge in [-0.3, -0.25) is 4.79 Å². The molecule has 2 heterocycles. The standard InChI is InChI=1S/C23H33N5O4/c1-17(29)24-19-11-9-18(10-12-19)20-25-26-21(31-20)28(22(30)32-23(2,3)4)16-8-15-27-13-6-5-7-14-27/h9-12H,5-8,13-16H2,1-4H3,(H,24,29). The highest BCUT2D eigenvalue weighted by atomic mass is 16.6. The molecule has 0 radical (unpaired) electrons. The number of carbonyl (C=O) groups excluding carboxylic acids is 2. The normalized spacial score (nSPS) is 14.8. The third-order valence-electron chi connectivity index (χ3n) is 5.02. The molecule has 1 N–H and O–H groups in total. The maximum absolute atomic E-state index is 12.9. The summed E-state index contributed by atoms with van der Waals surface area (Å²) in [7, 11) is 0. The predicted molar refractivity (Wildman–Crippen MR) is 123 cm³/mol. The van der Waals surface area contributed by atoms with Gasteiger partial charge >= 0.3 is 12.1 Å². The largest absolute Gasteiger partial charge is 0.443 e. The number of anilines is 2. The lowest BCUT2D eigenvalue weighted by Gasteiger charge is -2.28. The molecule has 1 aromatic heterocycles. The highest BCUT2D eigenvalue weighted by molar-refractivity contribution is 5.89. The molecule has 1 aliphatic heterocycles. The Morgan fingerprint density at radius 1 is 1.12 bits per heavy atom. The Hall–Kier alpha value is -2.94. The van der Waals surface area contributed by atoms with E-state index in [-0.39, 0.29) is 11.9 Å². The molecule has 1 fully saturated rings. The van der Waals surface area contributed by atoms with Gasteiger partial charge in [0.2, 0.25) is 11.8 Å². The second-order valence-corrected chi connectivity index (χ2v) is 9.04. The molecule has 0 spiro atoms. The molecule has 0 unspecified atom stereocenters. The van der Waals surface area contributed by atoms with Crippen LogP contribution >= 0.6 is 0 Å². The lowest BCUT2D eigenvalue weighted by atomic mass is 10.1. The van der Waals surface area contributed by atoms with E-state index >= 15 is 0 Å². The molecule has 0 bridgehead atoms. The molecule has 1 saturated heterocycles. The van der Waals surface area contributed by atoms with Crippen LogP contribution in [0.1, 0.15) is 53.4 Å². The van der Waals surface area contributed by atoms with E-state index in [4.69, 9.17) is 9.15 Å². The molecule has 9 nitrogen and oxygen atoms in total. The van der Waals surface area contributed by atoms with Crippen LogP contribution in [0.3, 0.4) is 0 Å². The maximum atomic E-state index is 12.9. The first-order chi connectivity index (χ1) is 15.2. The number of hydrogen-bond donors (Lipinski definition) is 1. The van der Waals surface area contributed by atoms with E-state index in [0.29, 0.717) is 23.7 Å². The van der Waals surface area contributed by atoms with Crippen molar-refractivity contribution in [2.75, 3.05) is 36.4 Å². The zero-order valence-corrected chi connectivity index (χ0v) is 19.4. The van der Waals surface area contributed by atoms with Gasteiger partial charge in [0.15, 0.2) is 0 Å². The van der Waals surface area contributed by atoms with Gasteiger partial charge in [-0.15, -0.1) is 5.10 Å². The molecule has 174 valence electrons. The second-order valence-electron chi connectivity index (χ2n) is 9.04. The van der Waals surface area contributed by atoms with Gasteiger partial charge in [-0.05, 0) is 83.9 Å². The molecular weight excluding hydrogens is 410 g/mol. The fraction of sp³-hybridized carbons (Fsp3) is 0.565. The summed E-state index contributed by atoms with van der Waals surface area (Å²) in [4.78, 5) is 27.9. The van der Waals surface area contributed by atoms with Crippen LogP contribution in [0.25, 0.3) is 11.5 Å². The van der Waals surface area contributed by atoms with Crippen molar-refractivity contribution in [2.45, 2.75) is 59.0 Å². The van der Waals surface area contributed by atoms with Gasteiger partial charge in [0.25, 0.3) is 0 Å². The number of nitrogens with zero attached hydrogens (tertiary/aromatic N) is 4. The highest BCUT2D eigenvalue weighted by Crippen LogP contribution is 2.25. The summed E-state index contributed by atoms with van der Waals surface area (Å²) >= 11 is 0. The first kappa shape index (κ1) is 23.7. The van der Waals surface area contributed by atoms with Gasteiger partial charge in [0.1, 0.15) is 5.60 Å². The summed E-state index contributed by atoms with van der Waals surface area (Å²) in [5.41, 5.74) is 0.731. The lowest BCUT2D eigenvalue weighted by Crippen LogP contribution is -2.39. The van der Waals surface area contributed by atoms with Crippen molar-refractivity contribution in [1.82, 2.24) is 15.1 Å². The quantitative estimate of drug-likeness (QED) is 0.680. The number of aromatic nitrogens is 2. The van der Waals surface area contributed by atoms with Crippen molar-refractivity contribution < 1.29 is 18.7 Å². The molecule has 0 atom stereocenters. The molecule has 9 heteroatoms. The van der Waals surface area contributed by atoms with E-state index in [2.05, 4.69) is 20.4 Å². The van der Waals surface area contributed by atoms with Gasteiger partial charge < -0.3 is 19.4 Å². The molecule has 1 aromatic carbocycles. The molecule has 0 aliphatic carbocycles. The Kier molecular flexibility index (Phi) is 7.84. The zero-order valence-electron chi connectivity index (χ0n) is 19.4. The number of amides is 2. The van der Waals surface area contributed by atoms with E-state index in [1.165, 1.54) is 31.1 Å². The maximum Gasteiger partial charge on any atom is 0.418 e. The van der Waals surface area contributed by atoms with E-state index < -0.39 is 11.7 Å². The number of likely N-dealkylation sites (tertiary alicyclic amines) is 1. The average molecular weight is 444 g/mol. The second kappa shape index (κ2) is 10.6. The summed E-state index contributed by atoms with van der Waals surface area (Å²) in [6, 6.07) is 7.17. The fourth-order valence-corrected chi connectivity index (χ4v) is 3.56. The number of carbonyl (C=O) groups is 2. The molecule has 1 aliphatic rings. The van der Waals surface area contributed by atoms with Crippen LogP contribution in [0, 0.1) is 0 Å². The smallest absolute Gasteiger partial charge is 0.418 e. The van der Waals surface area contributed by atoms with Crippen molar-refractivity contribution >= 4 is 23.7 Å². The number of ether oxygens (including phenoxy) is 1. The van der Waals surface area contributed by atoms with Crippen LogP contribution in [-0.2, 0) is 9.53 Å². The minimum absolute atomic E-state index is 0.110. The van der Waals surface area contributed by atoms with E-state index in [0.717, 1.165) is 26.1 Å². The Balaban J connectivity index is 1.71. The van der Waals surface area contributed by atoms with E-state index in [1.54, 1.807) is 24.3 Å². The molecule has 2 amide bonds. The van der Waals surface area contributed by atoms with Crippen molar-refractivity contribution in [1.29, 1.82) is 0 Å². The van der Waals surface area contributed by atoms with Gasteiger partial charge in [-0.2, -0.15) is 0 Å². The number of rotatable bonds is 7. The molecule has 32 heavy (non-hydrogen) atoms. The van der Waals surface area contributed by atoms with Gasteiger partial charge in [0, 0.05) is 24.7 Å². The summed E-state index contributed by atoms with van der Waals surface area (Å²) in [6.45, 7) is 10.5. The minimum Gasteiger partial charge on any atom is -0.443 e. The van der Waals surface area contributed by atoms with Crippen LogP contribution in [0.5, 0.6) is 0 Å². The number of nitrogens with one attached hydrogen (secondary N) is 1. The minimum atomic E-state index is -0.634. The summed E-state index contributed by atoms with van der Waals surface area (Å²) < 4.78 is 11.4. The Morgan fingerprint density at radius 3 is 2.44 bits per heavy atom. The summed E-state index contributed by atoms with van der Waals surface area (Å²) in [5.74, 6) is 0.148. The average Bonchev–Trinajstić information content (AvgIpc) is 3.20. The number of benzene rings is 1. The molecule has 3 rings (SSSR count). The number of hydrogen-bond acceptors (Lipinski definition) is 7. The van der Waals surface area contributed by atoms with Gasteiger partial charge in [0.05, 0.1) is 0 Å². The van der Waals surface area contributed by atoms with Crippen LogP contribution in [0.15, 0.2) is 28.7 Å². The topological polar surface area (TPSA) is 101 Å². The monoisotopic (exact) mass is 443 g/mol. The Morgan fingerprint density at radius 2 is 1.81 bits per heavy atom. The summed E-state index contributed by atoms with van der Waals surface area (Å²) in [6.07, 6.45) is 4.01. The molecule has 2 aromatic rings. The predicted octanol–water partition coefficient (Wildman–Crippen LogP) is 4.31. The van der Waals surface area contributed by atoms with Crippen LogP contribution in [-0.4, -0.2) is 58.9 Å². The van der Waals surface area contributed by atoms with Crippen LogP contribution in [0.4, 0.5) is 16.5 Å². The van der Waals surface area contributed by atoms with Gasteiger partial charge in [-0.25, -0.2) is 9.69 Å². The van der Waals surface area contributed by atoms with Crippen molar-refractivity contribution in [3.63, 3.8) is 0 Å². The summed E-state index contributed by atoms with van der Waals surface area (Å²) in [5, 5.41) is 10.9.